The summed E-state index contributed by atoms with van der Waals surface area (Å²) >= 11 is 0. The summed E-state index contributed by atoms with van der Waals surface area (Å²) in [7, 11) is 0. The molecule has 0 bridgehead atoms. The second-order valence-electron chi connectivity index (χ2n) is 5.55. The Morgan fingerprint density at radius 1 is 1.23 bits per heavy atom. The van der Waals surface area contributed by atoms with Crippen LogP contribution in [0.2, 0.25) is 0 Å². The van der Waals surface area contributed by atoms with Gasteiger partial charge in [0.2, 0.25) is 0 Å². The molecule has 0 saturated carbocycles. The minimum absolute atomic E-state index is 0.0235. The summed E-state index contributed by atoms with van der Waals surface area (Å²) in [4.78, 5) is 14.4. The van der Waals surface area contributed by atoms with Gasteiger partial charge in [0.05, 0.1) is 0 Å². The molecular weight excluding hydrogens is 276 g/mol. The van der Waals surface area contributed by atoms with Crippen molar-refractivity contribution in [1.29, 1.82) is 0 Å². The van der Waals surface area contributed by atoms with Crippen molar-refractivity contribution in [2.24, 2.45) is 5.73 Å². The highest BCUT2D eigenvalue weighted by molar-refractivity contribution is 5.97. The second-order valence-corrected chi connectivity index (χ2v) is 5.55. The van der Waals surface area contributed by atoms with Crippen LogP contribution >= 0.6 is 0 Å². The zero-order chi connectivity index (χ0) is 15.5. The van der Waals surface area contributed by atoms with Crippen LogP contribution in [0.4, 0.5) is 5.69 Å². The Labute approximate surface area is 130 Å². The molecule has 0 saturated heterocycles. The number of fused-ring (bicyclic) bond motifs is 1. The van der Waals surface area contributed by atoms with Crippen molar-refractivity contribution in [1.82, 2.24) is 0 Å². The first kappa shape index (κ1) is 14.6. The van der Waals surface area contributed by atoms with Gasteiger partial charge in [0.25, 0.3) is 5.91 Å². The lowest BCUT2D eigenvalue weighted by Gasteiger charge is -2.23. The topological polar surface area (TPSA) is 55.6 Å². The van der Waals surface area contributed by atoms with Gasteiger partial charge in [-0.15, -0.1) is 0 Å². The van der Waals surface area contributed by atoms with Crippen molar-refractivity contribution in [2.45, 2.75) is 25.9 Å². The standard InChI is InChI=1S/C18H20N2O2/c1-13-10-14-6-2-4-8-16(14)20(13)18(21)12-22-17-9-5-3-7-15(17)11-19/h2-9,13H,10-12,19H2,1H3. The predicted molar refractivity (Wildman–Crippen MR) is 86.9 cm³/mol. The van der Waals surface area contributed by atoms with Crippen molar-refractivity contribution < 1.29 is 9.53 Å². The molecule has 22 heavy (non-hydrogen) atoms. The van der Waals surface area contributed by atoms with Gasteiger partial charge in [-0.25, -0.2) is 0 Å². The fraction of sp³-hybridized carbons (Fsp3) is 0.278. The molecule has 2 aromatic rings. The van der Waals surface area contributed by atoms with E-state index in [1.807, 2.05) is 47.4 Å². The zero-order valence-corrected chi connectivity index (χ0v) is 12.7. The lowest BCUT2D eigenvalue weighted by Crippen LogP contribution is -2.39. The summed E-state index contributed by atoms with van der Waals surface area (Å²) in [5, 5.41) is 0. The van der Waals surface area contributed by atoms with Crippen molar-refractivity contribution in [3.8, 4) is 5.75 Å². The van der Waals surface area contributed by atoms with Gasteiger partial charge < -0.3 is 15.4 Å². The number of benzene rings is 2. The van der Waals surface area contributed by atoms with E-state index in [1.54, 1.807) is 0 Å². The number of amides is 1. The van der Waals surface area contributed by atoms with Crippen LogP contribution in [0.5, 0.6) is 5.75 Å². The zero-order valence-electron chi connectivity index (χ0n) is 12.7. The number of hydrogen-bond acceptors (Lipinski definition) is 3. The number of carbonyl (C=O) groups is 1. The maximum absolute atomic E-state index is 12.6. The molecule has 0 fully saturated rings. The molecule has 2 aromatic carbocycles. The molecule has 4 nitrogen and oxygen atoms in total. The summed E-state index contributed by atoms with van der Waals surface area (Å²) in [5.74, 6) is 0.655. The summed E-state index contributed by atoms with van der Waals surface area (Å²) in [6.07, 6.45) is 0.890. The van der Waals surface area contributed by atoms with Crippen LogP contribution in [-0.2, 0) is 17.8 Å². The molecule has 0 aromatic heterocycles. The van der Waals surface area contributed by atoms with Gasteiger partial charge in [0.15, 0.2) is 6.61 Å². The molecular formula is C18H20N2O2. The van der Waals surface area contributed by atoms with Crippen LogP contribution in [0.1, 0.15) is 18.1 Å². The Kier molecular flexibility index (Phi) is 4.11. The molecule has 1 amide bonds. The molecule has 1 aliphatic heterocycles. The Balaban J connectivity index is 1.73. The van der Waals surface area contributed by atoms with E-state index in [4.69, 9.17) is 10.5 Å². The first-order valence-corrected chi connectivity index (χ1v) is 7.51. The number of nitrogens with zero attached hydrogens (tertiary/aromatic N) is 1. The minimum Gasteiger partial charge on any atom is -0.483 e. The van der Waals surface area contributed by atoms with E-state index in [2.05, 4.69) is 13.0 Å². The highest BCUT2D eigenvalue weighted by atomic mass is 16.5. The van der Waals surface area contributed by atoms with Crippen LogP contribution in [-0.4, -0.2) is 18.6 Å². The molecule has 114 valence electrons. The van der Waals surface area contributed by atoms with E-state index in [-0.39, 0.29) is 18.6 Å². The van der Waals surface area contributed by atoms with Gasteiger partial charge in [-0.2, -0.15) is 0 Å². The normalized spacial score (nSPS) is 16.5. The molecule has 0 radical (unpaired) electrons. The van der Waals surface area contributed by atoms with Gasteiger partial charge >= 0.3 is 0 Å². The molecule has 1 aliphatic rings. The fourth-order valence-electron chi connectivity index (χ4n) is 2.97. The third kappa shape index (κ3) is 2.70. The van der Waals surface area contributed by atoms with Crippen LogP contribution in [0.25, 0.3) is 0 Å². The van der Waals surface area contributed by atoms with Gasteiger partial charge in [0.1, 0.15) is 5.75 Å². The lowest BCUT2D eigenvalue weighted by molar-refractivity contribution is -0.120. The Morgan fingerprint density at radius 2 is 1.95 bits per heavy atom. The molecule has 1 unspecified atom stereocenters. The van der Waals surface area contributed by atoms with E-state index in [9.17, 15) is 4.79 Å². The van der Waals surface area contributed by atoms with Gasteiger partial charge in [0, 0.05) is 23.8 Å². The van der Waals surface area contributed by atoms with E-state index in [0.29, 0.717) is 12.3 Å². The Hall–Kier alpha value is -2.33. The molecule has 1 atom stereocenters. The molecule has 2 N–H and O–H groups in total. The monoisotopic (exact) mass is 296 g/mol. The molecule has 0 spiro atoms. The number of nitrogens with two attached hydrogens (primary N) is 1. The molecule has 4 heteroatoms. The second kappa shape index (κ2) is 6.20. The lowest BCUT2D eigenvalue weighted by atomic mass is 10.1. The highest BCUT2D eigenvalue weighted by Gasteiger charge is 2.30. The number of carbonyl (C=O) groups excluding carboxylic acids is 1. The van der Waals surface area contributed by atoms with Crippen molar-refractivity contribution in [3.05, 3.63) is 59.7 Å². The van der Waals surface area contributed by atoms with Crippen LogP contribution in [0.3, 0.4) is 0 Å². The van der Waals surface area contributed by atoms with Crippen LogP contribution in [0, 0.1) is 0 Å². The molecule has 0 aliphatic carbocycles. The van der Waals surface area contributed by atoms with E-state index < -0.39 is 0 Å². The van der Waals surface area contributed by atoms with E-state index in [1.165, 1.54) is 5.56 Å². The predicted octanol–water partition coefficient (Wildman–Crippen LogP) is 2.50. The van der Waals surface area contributed by atoms with Crippen molar-refractivity contribution in [2.75, 3.05) is 11.5 Å². The largest absolute Gasteiger partial charge is 0.483 e. The van der Waals surface area contributed by atoms with Crippen molar-refractivity contribution >= 4 is 11.6 Å². The number of ether oxygens (including phenoxy) is 1. The maximum atomic E-state index is 12.6. The van der Waals surface area contributed by atoms with Gasteiger partial charge in [-0.05, 0) is 31.0 Å². The minimum atomic E-state index is -0.0238. The SMILES string of the molecule is CC1Cc2ccccc2N1C(=O)COc1ccccc1CN. The molecule has 3 rings (SSSR count). The summed E-state index contributed by atoms with van der Waals surface area (Å²) in [6.45, 7) is 2.48. The fourth-order valence-corrected chi connectivity index (χ4v) is 2.97. The first-order chi connectivity index (χ1) is 10.7. The third-order valence-electron chi connectivity index (χ3n) is 4.02. The number of para-hydroxylation sites is 2. The Morgan fingerprint density at radius 3 is 2.77 bits per heavy atom. The van der Waals surface area contributed by atoms with E-state index in [0.717, 1.165) is 17.7 Å². The van der Waals surface area contributed by atoms with Gasteiger partial charge in [-0.1, -0.05) is 36.4 Å². The highest BCUT2D eigenvalue weighted by Crippen LogP contribution is 2.31. The van der Waals surface area contributed by atoms with Crippen molar-refractivity contribution in [3.63, 3.8) is 0 Å². The smallest absolute Gasteiger partial charge is 0.265 e. The summed E-state index contributed by atoms with van der Waals surface area (Å²) in [6, 6.07) is 15.7. The first-order valence-electron chi connectivity index (χ1n) is 7.51. The van der Waals surface area contributed by atoms with Gasteiger partial charge in [-0.3, -0.25) is 4.79 Å². The number of rotatable bonds is 4. The molecule has 1 heterocycles. The van der Waals surface area contributed by atoms with Crippen LogP contribution in [0.15, 0.2) is 48.5 Å². The third-order valence-corrected chi connectivity index (χ3v) is 4.02. The number of hydrogen-bond donors (Lipinski definition) is 1. The quantitative estimate of drug-likeness (QED) is 0.943. The summed E-state index contributed by atoms with van der Waals surface area (Å²) in [5.41, 5.74) is 8.81. The Bertz CT molecular complexity index is 684. The average molecular weight is 296 g/mol. The number of anilines is 1. The van der Waals surface area contributed by atoms with Crippen LogP contribution < -0.4 is 15.4 Å². The maximum Gasteiger partial charge on any atom is 0.265 e. The summed E-state index contributed by atoms with van der Waals surface area (Å²) < 4.78 is 5.69. The average Bonchev–Trinajstić information content (AvgIpc) is 2.88. The van der Waals surface area contributed by atoms with E-state index >= 15 is 0 Å².